The first-order valence-electron chi connectivity index (χ1n) is 13.0. The highest BCUT2D eigenvalue weighted by Crippen LogP contribution is 2.49. The molecule has 0 aromatic heterocycles. The van der Waals surface area contributed by atoms with Crippen molar-refractivity contribution in [1.82, 2.24) is 9.80 Å². The Morgan fingerprint density at radius 3 is 2.33 bits per heavy atom. The number of methoxy groups -OCH3 is 3. The lowest BCUT2D eigenvalue weighted by Gasteiger charge is -2.39. The van der Waals surface area contributed by atoms with Gasteiger partial charge in [0.05, 0.1) is 27.4 Å². The van der Waals surface area contributed by atoms with E-state index >= 15 is 0 Å². The van der Waals surface area contributed by atoms with Crippen LogP contribution in [-0.4, -0.2) is 63.6 Å². The first-order valence-corrected chi connectivity index (χ1v) is 13.5. The summed E-state index contributed by atoms with van der Waals surface area (Å²) in [6, 6.07) is 18.0. The molecule has 3 aromatic carbocycles. The Kier molecular flexibility index (Phi) is 9.59. The first-order chi connectivity index (χ1) is 18.9. The van der Waals surface area contributed by atoms with Gasteiger partial charge in [0.1, 0.15) is 18.2 Å². The van der Waals surface area contributed by atoms with E-state index in [9.17, 15) is 4.79 Å². The molecule has 0 bridgehead atoms. The van der Waals surface area contributed by atoms with Crippen LogP contribution in [0, 0.1) is 0 Å². The summed E-state index contributed by atoms with van der Waals surface area (Å²) in [5.41, 5.74) is 5.32. The molecule has 1 aliphatic rings. The fraction of sp³-hybridized carbons (Fsp3) is 0.387. The third kappa shape index (κ3) is 6.60. The zero-order chi connectivity index (χ0) is 27.9. The van der Waals surface area contributed by atoms with Gasteiger partial charge in [-0.1, -0.05) is 36.4 Å². The largest absolute Gasteiger partial charge is 0.497 e. The number of alkyl halides is 1. The number of hydrogen-bond donors (Lipinski definition) is 0. The monoisotopic (exact) mass is 552 g/mol. The standard InChI is InChI=1S/C31H37ClN2O5/c1-33(2)19-22-7-6-8-23(15-22)20-39-31-29-24(17-27(37-4)30(31)38-5)13-14-34(28(35)18-32)26(29)16-21-9-11-25(36-3)12-10-21/h6-12,15,17,26H,13-14,16,18-20H2,1-5H3. The number of hydrogen-bond acceptors (Lipinski definition) is 6. The number of ether oxygens (including phenoxy) is 4. The fourth-order valence-electron chi connectivity index (χ4n) is 5.21. The van der Waals surface area contributed by atoms with Crippen molar-refractivity contribution in [1.29, 1.82) is 0 Å². The summed E-state index contributed by atoms with van der Waals surface area (Å²) in [6.07, 6.45) is 1.25. The molecule has 1 heterocycles. The highest BCUT2D eigenvalue weighted by Gasteiger charge is 2.36. The van der Waals surface area contributed by atoms with Crippen molar-refractivity contribution in [2.24, 2.45) is 0 Å². The van der Waals surface area contributed by atoms with Crippen molar-refractivity contribution in [3.8, 4) is 23.0 Å². The minimum atomic E-state index is -0.289. The lowest BCUT2D eigenvalue weighted by molar-refractivity contribution is -0.131. The number of rotatable bonds is 11. The van der Waals surface area contributed by atoms with E-state index in [4.69, 9.17) is 30.5 Å². The number of carbonyl (C=O) groups excluding carboxylic acids is 1. The summed E-state index contributed by atoms with van der Waals surface area (Å²) < 4.78 is 23.5. The molecule has 0 N–H and O–H groups in total. The number of benzene rings is 3. The van der Waals surface area contributed by atoms with Crippen LogP contribution in [0.1, 0.15) is 33.9 Å². The second-order valence-corrected chi connectivity index (χ2v) is 10.2. The minimum absolute atomic E-state index is 0.0867. The fourth-order valence-corrected chi connectivity index (χ4v) is 5.36. The molecule has 0 radical (unpaired) electrons. The molecule has 39 heavy (non-hydrogen) atoms. The topological polar surface area (TPSA) is 60.5 Å². The zero-order valence-corrected chi connectivity index (χ0v) is 24.1. The summed E-state index contributed by atoms with van der Waals surface area (Å²) in [6.45, 7) is 1.74. The van der Waals surface area contributed by atoms with Crippen LogP contribution in [0.3, 0.4) is 0 Å². The van der Waals surface area contributed by atoms with E-state index in [2.05, 4.69) is 23.1 Å². The molecule has 1 unspecified atom stereocenters. The van der Waals surface area contributed by atoms with Crippen LogP contribution in [0.25, 0.3) is 0 Å². The molecule has 7 nitrogen and oxygen atoms in total. The maximum absolute atomic E-state index is 13.0. The number of carbonyl (C=O) groups is 1. The third-order valence-corrected chi connectivity index (χ3v) is 7.21. The molecular weight excluding hydrogens is 516 g/mol. The van der Waals surface area contributed by atoms with Crippen molar-refractivity contribution in [2.75, 3.05) is 47.8 Å². The van der Waals surface area contributed by atoms with E-state index in [0.29, 0.717) is 43.2 Å². The average molecular weight is 553 g/mol. The second-order valence-electron chi connectivity index (χ2n) is 9.90. The van der Waals surface area contributed by atoms with Gasteiger partial charge in [-0.05, 0) is 67.4 Å². The molecule has 1 atom stereocenters. The number of nitrogens with zero attached hydrogens (tertiary/aromatic N) is 2. The van der Waals surface area contributed by atoms with Gasteiger partial charge in [0, 0.05) is 18.7 Å². The Morgan fingerprint density at radius 2 is 1.69 bits per heavy atom. The highest BCUT2D eigenvalue weighted by molar-refractivity contribution is 6.27. The second kappa shape index (κ2) is 13.1. The van der Waals surface area contributed by atoms with Crippen LogP contribution in [0.4, 0.5) is 0 Å². The van der Waals surface area contributed by atoms with Gasteiger partial charge in [0.15, 0.2) is 11.5 Å². The molecule has 0 fully saturated rings. The van der Waals surface area contributed by atoms with E-state index in [1.54, 1.807) is 21.3 Å². The first kappa shape index (κ1) is 28.6. The average Bonchev–Trinajstić information content (AvgIpc) is 2.95. The lowest BCUT2D eigenvalue weighted by Crippen LogP contribution is -2.42. The van der Waals surface area contributed by atoms with E-state index in [0.717, 1.165) is 34.5 Å². The summed E-state index contributed by atoms with van der Waals surface area (Å²) in [5.74, 6) is 2.29. The van der Waals surface area contributed by atoms with Crippen LogP contribution in [0.5, 0.6) is 23.0 Å². The van der Waals surface area contributed by atoms with Gasteiger partial charge in [0.25, 0.3) is 0 Å². The predicted molar refractivity (Wildman–Crippen MR) is 153 cm³/mol. The predicted octanol–water partition coefficient (Wildman–Crippen LogP) is 5.26. The molecule has 0 saturated carbocycles. The molecule has 0 saturated heterocycles. The molecule has 1 aliphatic heterocycles. The Labute approximate surface area is 236 Å². The van der Waals surface area contributed by atoms with Gasteiger partial charge in [-0.25, -0.2) is 0 Å². The number of amides is 1. The highest BCUT2D eigenvalue weighted by atomic mass is 35.5. The SMILES string of the molecule is COc1ccc(CC2c3c(cc(OC)c(OC)c3OCc3cccc(CN(C)C)c3)CCN2C(=O)CCl)cc1. The van der Waals surface area contributed by atoms with Gasteiger partial charge < -0.3 is 28.7 Å². The summed E-state index contributed by atoms with van der Waals surface area (Å²) in [4.78, 5) is 17.0. The molecule has 0 spiro atoms. The lowest BCUT2D eigenvalue weighted by atomic mass is 9.87. The zero-order valence-electron chi connectivity index (χ0n) is 23.3. The Hall–Kier alpha value is -3.42. The van der Waals surface area contributed by atoms with Gasteiger partial charge in [0.2, 0.25) is 11.7 Å². The molecule has 3 aromatic rings. The molecule has 4 rings (SSSR count). The van der Waals surface area contributed by atoms with Gasteiger partial charge in [-0.3, -0.25) is 4.79 Å². The molecule has 208 valence electrons. The third-order valence-electron chi connectivity index (χ3n) is 6.98. The van der Waals surface area contributed by atoms with Gasteiger partial charge >= 0.3 is 0 Å². The molecule has 1 amide bonds. The van der Waals surface area contributed by atoms with Crippen LogP contribution < -0.4 is 18.9 Å². The normalized spacial score (nSPS) is 14.6. The van der Waals surface area contributed by atoms with Gasteiger partial charge in [-0.2, -0.15) is 0 Å². The molecule has 8 heteroatoms. The van der Waals surface area contributed by atoms with Crippen molar-refractivity contribution >= 4 is 17.5 Å². The summed E-state index contributed by atoms with van der Waals surface area (Å²) >= 11 is 6.07. The summed E-state index contributed by atoms with van der Waals surface area (Å²) in [7, 11) is 8.98. The van der Waals surface area contributed by atoms with Crippen molar-refractivity contribution in [3.05, 3.63) is 82.4 Å². The number of halogens is 1. The van der Waals surface area contributed by atoms with Gasteiger partial charge in [-0.15, -0.1) is 11.6 Å². The Morgan fingerprint density at radius 1 is 0.949 bits per heavy atom. The van der Waals surface area contributed by atoms with Crippen LogP contribution in [-0.2, 0) is 30.8 Å². The maximum Gasteiger partial charge on any atom is 0.238 e. The maximum atomic E-state index is 13.0. The molecule has 0 aliphatic carbocycles. The Balaban J connectivity index is 1.78. The number of fused-ring (bicyclic) bond motifs is 1. The van der Waals surface area contributed by atoms with Crippen LogP contribution in [0.2, 0.25) is 0 Å². The molecular formula is C31H37ClN2O5. The van der Waals surface area contributed by atoms with E-state index in [1.165, 1.54) is 5.56 Å². The quantitative estimate of drug-likeness (QED) is 0.302. The summed E-state index contributed by atoms with van der Waals surface area (Å²) in [5, 5.41) is 0. The Bertz CT molecular complexity index is 1280. The smallest absolute Gasteiger partial charge is 0.238 e. The van der Waals surface area contributed by atoms with Crippen LogP contribution in [0.15, 0.2) is 54.6 Å². The van der Waals surface area contributed by atoms with Crippen molar-refractivity contribution in [2.45, 2.75) is 32.0 Å². The van der Waals surface area contributed by atoms with Crippen LogP contribution >= 0.6 is 11.6 Å². The van der Waals surface area contributed by atoms with Crippen molar-refractivity contribution < 1.29 is 23.7 Å². The van der Waals surface area contributed by atoms with E-state index in [1.807, 2.05) is 55.4 Å². The van der Waals surface area contributed by atoms with Crippen molar-refractivity contribution in [3.63, 3.8) is 0 Å². The van der Waals surface area contributed by atoms with E-state index in [-0.39, 0.29) is 17.8 Å². The minimum Gasteiger partial charge on any atom is -0.497 e. The van der Waals surface area contributed by atoms with E-state index < -0.39 is 0 Å².